The lowest BCUT2D eigenvalue weighted by Gasteiger charge is -2.24. The first-order chi connectivity index (χ1) is 14.1. The minimum Gasteiger partial charge on any atom is -0.478 e. The highest BCUT2D eigenvalue weighted by Crippen LogP contribution is 2.29. The molecule has 0 bridgehead atoms. The van der Waals surface area contributed by atoms with Crippen molar-refractivity contribution in [2.24, 2.45) is 0 Å². The SMILES string of the molecule is Cc1cc(/C=C/C(=O)c2cc3ccccc3nc2F)cc(C)c1OC(C)(C)C(=O)O. The number of ketones is 1. The second-order valence-electron chi connectivity index (χ2n) is 7.62. The van der Waals surface area contributed by atoms with Crippen LogP contribution < -0.4 is 4.74 Å². The van der Waals surface area contributed by atoms with Crippen LogP contribution in [0.4, 0.5) is 4.39 Å². The molecule has 0 spiro atoms. The molecule has 0 saturated heterocycles. The van der Waals surface area contributed by atoms with E-state index in [-0.39, 0.29) is 5.56 Å². The fourth-order valence-electron chi connectivity index (χ4n) is 3.07. The number of hydrogen-bond acceptors (Lipinski definition) is 4. The number of carbonyl (C=O) groups is 2. The fraction of sp³-hybridized carbons (Fsp3) is 0.208. The van der Waals surface area contributed by atoms with E-state index >= 15 is 0 Å². The molecule has 1 aromatic heterocycles. The summed E-state index contributed by atoms with van der Waals surface area (Å²) in [6.07, 6.45) is 2.88. The summed E-state index contributed by atoms with van der Waals surface area (Å²) in [7, 11) is 0. The Balaban J connectivity index is 1.87. The Kier molecular flexibility index (Phi) is 5.69. The summed E-state index contributed by atoms with van der Waals surface area (Å²) in [5, 5.41) is 9.96. The van der Waals surface area contributed by atoms with Crippen LogP contribution in [-0.2, 0) is 4.79 Å². The third kappa shape index (κ3) is 4.38. The molecule has 0 aliphatic heterocycles. The van der Waals surface area contributed by atoms with Gasteiger partial charge in [-0.2, -0.15) is 4.39 Å². The highest BCUT2D eigenvalue weighted by molar-refractivity contribution is 6.08. The summed E-state index contributed by atoms with van der Waals surface area (Å²) in [5.41, 5.74) is 1.20. The molecule has 0 fully saturated rings. The summed E-state index contributed by atoms with van der Waals surface area (Å²) in [5.74, 6) is -1.89. The van der Waals surface area contributed by atoms with Gasteiger partial charge in [0.2, 0.25) is 5.95 Å². The fourth-order valence-corrected chi connectivity index (χ4v) is 3.07. The van der Waals surface area contributed by atoms with Crippen LogP contribution >= 0.6 is 0 Å². The Morgan fingerprint density at radius 2 is 1.73 bits per heavy atom. The topological polar surface area (TPSA) is 76.5 Å². The number of para-hydroxylation sites is 1. The molecule has 154 valence electrons. The van der Waals surface area contributed by atoms with Gasteiger partial charge < -0.3 is 9.84 Å². The zero-order chi connectivity index (χ0) is 22.1. The number of allylic oxidation sites excluding steroid dienone is 1. The van der Waals surface area contributed by atoms with Gasteiger partial charge in [0.15, 0.2) is 11.4 Å². The second kappa shape index (κ2) is 8.06. The first-order valence-corrected chi connectivity index (χ1v) is 9.40. The number of hydrogen-bond donors (Lipinski definition) is 1. The van der Waals surface area contributed by atoms with Crippen LogP contribution in [0.15, 0.2) is 48.5 Å². The number of carboxylic acids is 1. The molecule has 0 aliphatic carbocycles. The number of aryl methyl sites for hydroxylation is 2. The van der Waals surface area contributed by atoms with Gasteiger partial charge in [0.25, 0.3) is 0 Å². The van der Waals surface area contributed by atoms with E-state index in [1.807, 2.05) is 0 Å². The number of nitrogens with zero attached hydrogens (tertiary/aromatic N) is 1. The van der Waals surface area contributed by atoms with Crippen molar-refractivity contribution in [2.75, 3.05) is 0 Å². The molecule has 3 rings (SSSR count). The van der Waals surface area contributed by atoms with Crippen LogP contribution in [0.25, 0.3) is 17.0 Å². The minimum absolute atomic E-state index is 0.0958. The number of aromatic nitrogens is 1. The van der Waals surface area contributed by atoms with Crippen LogP contribution in [0.1, 0.15) is 40.9 Å². The average molecular weight is 407 g/mol. The smallest absolute Gasteiger partial charge is 0.347 e. The number of ether oxygens (including phenoxy) is 1. The van der Waals surface area contributed by atoms with Crippen molar-refractivity contribution in [3.8, 4) is 5.75 Å². The van der Waals surface area contributed by atoms with Crippen LogP contribution in [0, 0.1) is 19.8 Å². The third-order valence-corrected chi connectivity index (χ3v) is 4.72. The zero-order valence-electron chi connectivity index (χ0n) is 17.2. The van der Waals surface area contributed by atoms with E-state index in [4.69, 9.17) is 4.74 Å². The summed E-state index contributed by atoms with van der Waals surface area (Å²) < 4.78 is 20.0. The van der Waals surface area contributed by atoms with Crippen molar-refractivity contribution in [1.82, 2.24) is 4.98 Å². The van der Waals surface area contributed by atoms with Crippen LogP contribution in [0.2, 0.25) is 0 Å². The Bertz CT molecular complexity index is 1160. The Hall–Kier alpha value is -3.54. The van der Waals surface area contributed by atoms with Crippen molar-refractivity contribution >= 4 is 28.7 Å². The zero-order valence-corrected chi connectivity index (χ0v) is 17.2. The molecule has 1 N–H and O–H groups in total. The predicted molar refractivity (Wildman–Crippen MR) is 113 cm³/mol. The van der Waals surface area contributed by atoms with Gasteiger partial charge in [0, 0.05) is 5.39 Å². The van der Waals surface area contributed by atoms with Gasteiger partial charge in [0.1, 0.15) is 5.75 Å². The first-order valence-electron chi connectivity index (χ1n) is 9.40. The summed E-state index contributed by atoms with van der Waals surface area (Å²) >= 11 is 0. The van der Waals surface area contributed by atoms with Crippen molar-refractivity contribution in [2.45, 2.75) is 33.3 Å². The monoisotopic (exact) mass is 407 g/mol. The first kappa shape index (κ1) is 21.2. The Morgan fingerprint density at radius 3 is 2.37 bits per heavy atom. The third-order valence-electron chi connectivity index (χ3n) is 4.72. The molecule has 0 amide bonds. The molecular weight excluding hydrogens is 385 g/mol. The van der Waals surface area contributed by atoms with E-state index in [1.165, 1.54) is 26.0 Å². The van der Waals surface area contributed by atoms with E-state index in [9.17, 15) is 19.1 Å². The lowest BCUT2D eigenvalue weighted by Crippen LogP contribution is -2.38. The molecule has 0 radical (unpaired) electrons. The largest absolute Gasteiger partial charge is 0.478 e. The van der Waals surface area contributed by atoms with Crippen molar-refractivity contribution in [3.05, 3.63) is 76.7 Å². The average Bonchev–Trinajstić information content (AvgIpc) is 2.68. The number of aliphatic carboxylic acids is 1. The molecule has 2 aromatic carbocycles. The van der Waals surface area contributed by atoms with Crippen molar-refractivity contribution < 1.29 is 23.8 Å². The van der Waals surface area contributed by atoms with E-state index in [0.29, 0.717) is 22.2 Å². The van der Waals surface area contributed by atoms with Crippen molar-refractivity contribution in [3.63, 3.8) is 0 Å². The summed E-state index contributed by atoms with van der Waals surface area (Å²) in [6.45, 7) is 6.55. The summed E-state index contributed by atoms with van der Waals surface area (Å²) in [6, 6.07) is 12.1. The maximum atomic E-state index is 14.3. The van der Waals surface area contributed by atoms with Gasteiger partial charge >= 0.3 is 5.97 Å². The van der Waals surface area contributed by atoms with Crippen LogP contribution in [0.5, 0.6) is 5.75 Å². The van der Waals surface area contributed by atoms with Crippen LogP contribution in [0.3, 0.4) is 0 Å². The van der Waals surface area contributed by atoms with E-state index < -0.39 is 23.3 Å². The van der Waals surface area contributed by atoms with Gasteiger partial charge in [-0.05, 0) is 74.7 Å². The molecule has 30 heavy (non-hydrogen) atoms. The number of fused-ring (bicyclic) bond motifs is 1. The van der Waals surface area contributed by atoms with Gasteiger partial charge in [-0.3, -0.25) is 4.79 Å². The maximum Gasteiger partial charge on any atom is 0.347 e. The molecule has 1 heterocycles. The predicted octanol–water partition coefficient (Wildman–Crippen LogP) is 5.13. The highest BCUT2D eigenvalue weighted by atomic mass is 19.1. The molecule has 0 unspecified atom stereocenters. The number of rotatable bonds is 6. The number of carbonyl (C=O) groups excluding carboxylic acids is 1. The number of carboxylic acid groups (broad SMARTS) is 1. The van der Waals surface area contributed by atoms with Crippen molar-refractivity contribution in [1.29, 1.82) is 0 Å². The van der Waals surface area contributed by atoms with Gasteiger partial charge in [0.05, 0.1) is 11.1 Å². The quantitative estimate of drug-likeness (QED) is 0.348. The number of benzene rings is 2. The van der Waals surface area contributed by atoms with Gasteiger partial charge in [-0.25, -0.2) is 9.78 Å². The standard InChI is InChI=1S/C24H22FNO4/c1-14-11-16(12-15(2)21(14)30-24(3,4)23(28)29)9-10-20(27)18-13-17-7-5-6-8-19(17)26-22(18)25/h5-13H,1-4H3,(H,28,29)/b10-9+. The molecule has 0 atom stereocenters. The summed E-state index contributed by atoms with van der Waals surface area (Å²) in [4.78, 5) is 27.7. The Morgan fingerprint density at radius 1 is 1.10 bits per heavy atom. The van der Waals surface area contributed by atoms with Gasteiger partial charge in [-0.15, -0.1) is 0 Å². The number of halogens is 1. The molecule has 5 nitrogen and oxygen atoms in total. The lowest BCUT2D eigenvalue weighted by molar-refractivity contribution is -0.152. The lowest BCUT2D eigenvalue weighted by atomic mass is 10.0. The molecule has 6 heteroatoms. The second-order valence-corrected chi connectivity index (χ2v) is 7.62. The minimum atomic E-state index is -1.37. The highest BCUT2D eigenvalue weighted by Gasteiger charge is 2.30. The number of pyridine rings is 1. The van der Waals surface area contributed by atoms with Gasteiger partial charge in [-0.1, -0.05) is 24.3 Å². The van der Waals surface area contributed by atoms with E-state index in [0.717, 1.165) is 11.1 Å². The molecule has 0 saturated carbocycles. The maximum absolute atomic E-state index is 14.3. The van der Waals surface area contributed by atoms with E-state index in [2.05, 4.69) is 4.98 Å². The van der Waals surface area contributed by atoms with Crippen LogP contribution in [-0.4, -0.2) is 27.4 Å². The molecule has 0 aliphatic rings. The van der Waals surface area contributed by atoms with E-state index in [1.54, 1.807) is 56.3 Å². The molecular formula is C24H22FNO4. The normalized spacial score (nSPS) is 11.8. The Labute approximate surface area is 173 Å². The molecule has 3 aromatic rings.